The van der Waals surface area contributed by atoms with Crippen LogP contribution < -0.4 is 0 Å². The molecule has 4 nitrogen and oxygen atoms in total. The molecule has 0 radical (unpaired) electrons. The Labute approximate surface area is 93.5 Å². The molecule has 2 atom stereocenters. The Morgan fingerprint density at radius 1 is 1.31 bits per heavy atom. The number of rotatable bonds is 2. The highest BCUT2D eigenvalue weighted by molar-refractivity contribution is 6.02. The number of aliphatic carboxylic acids is 1. The van der Waals surface area contributed by atoms with Crippen LogP contribution in [0.15, 0.2) is 30.3 Å². The third-order valence-corrected chi connectivity index (χ3v) is 3.31. The maximum absolute atomic E-state index is 12.0. The average molecular weight is 219 g/mol. The largest absolute Gasteiger partial charge is 0.479 e. The van der Waals surface area contributed by atoms with Crippen LogP contribution >= 0.6 is 0 Å². The lowest BCUT2D eigenvalue weighted by Crippen LogP contribution is -2.29. The first-order valence-corrected chi connectivity index (χ1v) is 5.11. The molecule has 0 unspecified atom stereocenters. The summed E-state index contributed by atoms with van der Waals surface area (Å²) in [6.07, 6.45) is 0. The quantitative estimate of drug-likeness (QED) is 0.764. The maximum Gasteiger partial charge on any atom is 0.331 e. The van der Waals surface area contributed by atoms with Crippen LogP contribution in [0.4, 0.5) is 0 Å². The molecule has 1 aliphatic heterocycles. The van der Waals surface area contributed by atoms with E-state index in [0.717, 1.165) is 0 Å². The van der Waals surface area contributed by atoms with Gasteiger partial charge in [-0.3, -0.25) is 4.79 Å². The number of benzene rings is 1. The van der Waals surface area contributed by atoms with Crippen LogP contribution in [-0.2, 0) is 4.79 Å². The van der Waals surface area contributed by atoms with Crippen molar-refractivity contribution in [1.82, 2.24) is 4.90 Å². The lowest BCUT2D eigenvalue weighted by atomic mass is 10.1. The molecule has 16 heavy (non-hydrogen) atoms. The molecule has 0 spiro atoms. The van der Waals surface area contributed by atoms with Crippen molar-refractivity contribution in [1.29, 1.82) is 0 Å². The van der Waals surface area contributed by atoms with Crippen LogP contribution in [0.1, 0.15) is 24.2 Å². The van der Waals surface area contributed by atoms with Gasteiger partial charge in [0.15, 0.2) is 5.54 Å². The maximum atomic E-state index is 12.0. The number of carboxylic acids is 1. The Morgan fingerprint density at radius 3 is 2.31 bits per heavy atom. The lowest BCUT2D eigenvalue weighted by molar-refractivity contribution is -0.140. The second-order valence-corrected chi connectivity index (χ2v) is 4.17. The van der Waals surface area contributed by atoms with Crippen LogP contribution in [0.2, 0.25) is 0 Å². The van der Waals surface area contributed by atoms with E-state index in [1.165, 1.54) is 4.90 Å². The van der Waals surface area contributed by atoms with Gasteiger partial charge in [-0.25, -0.2) is 4.79 Å². The monoisotopic (exact) mass is 219 g/mol. The van der Waals surface area contributed by atoms with E-state index in [1.807, 2.05) is 6.07 Å². The summed E-state index contributed by atoms with van der Waals surface area (Å²) in [6, 6.07) is 8.47. The number of amides is 1. The number of carbonyl (C=O) groups is 2. The van der Waals surface area contributed by atoms with Gasteiger partial charge in [-0.15, -0.1) is 0 Å². The summed E-state index contributed by atoms with van der Waals surface area (Å²) in [5.41, 5.74) is -0.522. The first-order valence-electron chi connectivity index (χ1n) is 5.11. The van der Waals surface area contributed by atoms with E-state index in [0.29, 0.717) is 5.56 Å². The van der Waals surface area contributed by atoms with E-state index in [4.69, 9.17) is 5.11 Å². The van der Waals surface area contributed by atoms with E-state index >= 15 is 0 Å². The standard InChI is InChI=1S/C12H13NO3/c1-8-12(2,11(15)16)13(8)10(14)9-6-4-3-5-7-9/h3-8H,1-2H3,(H,15,16)/t8-,12+,13?/m0/s1. The van der Waals surface area contributed by atoms with Gasteiger partial charge in [0.25, 0.3) is 5.91 Å². The van der Waals surface area contributed by atoms with Gasteiger partial charge in [0.2, 0.25) is 0 Å². The molecule has 1 N–H and O–H groups in total. The fraction of sp³-hybridized carbons (Fsp3) is 0.333. The molecule has 0 saturated carbocycles. The van der Waals surface area contributed by atoms with E-state index < -0.39 is 11.5 Å². The number of hydrogen-bond acceptors (Lipinski definition) is 2. The molecule has 1 fully saturated rings. The molecule has 4 heteroatoms. The van der Waals surface area contributed by atoms with E-state index in [1.54, 1.807) is 38.1 Å². The Bertz CT molecular complexity index is 443. The Hall–Kier alpha value is -1.84. The van der Waals surface area contributed by atoms with Gasteiger partial charge in [-0.1, -0.05) is 18.2 Å². The Kier molecular flexibility index (Phi) is 2.22. The minimum Gasteiger partial charge on any atom is -0.479 e. The van der Waals surface area contributed by atoms with Gasteiger partial charge in [0.1, 0.15) is 0 Å². The van der Waals surface area contributed by atoms with Crippen molar-refractivity contribution < 1.29 is 14.7 Å². The van der Waals surface area contributed by atoms with Crippen molar-refractivity contribution in [3.8, 4) is 0 Å². The van der Waals surface area contributed by atoms with E-state index in [2.05, 4.69) is 0 Å². The number of carbonyl (C=O) groups excluding carboxylic acids is 1. The zero-order chi connectivity index (χ0) is 11.9. The first-order chi connectivity index (χ1) is 7.49. The number of nitrogens with zero attached hydrogens (tertiary/aromatic N) is 1. The molecule has 1 aromatic rings. The molecule has 2 rings (SSSR count). The average Bonchev–Trinajstić information content (AvgIpc) is 2.84. The van der Waals surface area contributed by atoms with E-state index in [9.17, 15) is 9.59 Å². The van der Waals surface area contributed by atoms with Gasteiger partial charge in [-0.2, -0.15) is 0 Å². The van der Waals surface area contributed by atoms with Crippen LogP contribution in [0.5, 0.6) is 0 Å². The lowest BCUT2D eigenvalue weighted by Gasteiger charge is -2.07. The molecule has 1 amide bonds. The Balaban J connectivity index is 2.24. The highest BCUT2D eigenvalue weighted by atomic mass is 16.4. The van der Waals surface area contributed by atoms with Gasteiger partial charge in [0, 0.05) is 5.56 Å². The summed E-state index contributed by atoms with van der Waals surface area (Å²) in [7, 11) is 0. The highest BCUT2D eigenvalue weighted by Crippen LogP contribution is 2.41. The second kappa shape index (κ2) is 3.33. The van der Waals surface area contributed by atoms with Crippen molar-refractivity contribution in [3.63, 3.8) is 0 Å². The number of carboxylic acid groups (broad SMARTS) is 1. The van der Waals surface area contributed by atoms with Crippen molar-refractivity contribution >= 4 is 11.9 Å². The molecule has 1 saturated heterocycles. The zero-order valence-corrected chi connectivity index (χ0v) is 9.18. The highest BCUT2D eigenvalue weighted by Gasteiger charge is 2.64. The van der Waals surface area contributed by atoms with Gasteiger partial charge in [0.05, 0.1) is 6.04 Å². The van der Waals surface area contributed by atoms with Crippen molar-refractivity contribution in [2.75, 3.05) is 0 Å². The molecule has 1 aliphatic rings. The third kappa shape index (κ3) is 1.30. The summed E-state index contributed by atoms with van der Waals surface area (Å²) in [4.78, 5) is 24.4. The summed E-state index contributed by atoms with van der Waals surface area (Å²) < 4.78 is 0. The van der Waals surface area contributed by atoms with Crippen LogP contribution in [0.25, 0.3) is 0 Å². The molecule has 84 valence electrons. The fourth-order valence-corrected chi connectivity index (χ4v) is 1.94. The first kappa shape index (κ1) is 10.7. The summed E-state index contributed by atoms with van der Waals surface area (Å²) >= 11 is 0. The number of hydrogen-bond donors (Lipinski definition) is 1. The second-order valence-electron chi connectivity index (χ2n) is 4.17. The minimum absolute atomic E-state index is 0.224. The zero-order valence-electron chi connectivity index (χ0n) is 9.18. The smallest absolute Gasteiger partial charge is 0.331 e. The van der Waals surface area contributed by atoms with Crippen LogP contribution in [0.3, 0.4) is 0 Å². The normalized spacial score (nSPS) is 27.6. The molecule has 0 aromatic heterocycles. The molecule has 1 aromatic carbocycles. The summed E-state index contributed by atoms with van der Waals surface area (Å²) in [6.45, 7) is 3.32. The Morgan fingerprint density at radius 2 is 1.88 bits per heavy atom. The molecular weight excluding hydrogens is 206 g/mol. The SMILES string of the molecule is C[C@@H]1N(C(=O)c2ccccc2)[C@@]1(C)C(=O)O. The van der Waals surface area contributed by atoms with E-state index in [-0.39, 0.29) is 11.9 Å². The van der Waals surface area contributed by atoms with Gasteiger partial charge < -0.3 is 10.0 Å². The summed E-state index contributed by atoms with van der Waals surface area (Å²) in [5.74, 6) is -1.18. The predicted molar refractivity (Wildman–Crippen MR) is 58.1 cm³/mol. The van der Waals surface area contributed by atoms with Crippen molar-refractivity contribution in [3.05, 3.63) is 35.9 Å². The van der Waals surface area contributed by atoms with Crippen LogP contribution in [0, 0.1) is 0 Å². The molecule has 0 aliphatic carbocycles. The molecular formula is C12H13NO3. The summed E-state index contributed by atoms with van der Waals surface area (Å²) in [5, 5.41) is 9.06. The van der Waals surface area contributed by atoms with Crippen molar-refractivity contribution in [2.45, 2.75) is 25.4 Å². The van der Waals surface area contributed by atoms with Gasteiger partial charge >= 0.3 is 5.97 Å². The van der Waals surface area contributed by atoms with Gasteiger partial charge in [-0.05, 0) is 26.0 Å². The van der Waals surface area contributed by atoms with Crippen LogP contribution in [-0.4, -0.2) is 33.5 Å². The molecule has 0 bridgehead atoms. The topological polar surface area (TPSA) is 57.4 Å². The molecule has 1 heterocycles. The van der Waals surface area contributed by atoms with Crippen molar-refractivity contribution in [2.24, 2.45) is 0 Å². The third-order valence-electron chi connectivity index (χ3n) is 3.31. The fourth-order valence-electron chi connectivity index (χ4n) is 1.94. The minimum atomic E-state index is -1.05. The predicted octanol–water partition coefficient (Wildman–Crippen LogP) is 1.37.